The predicted octanol–water partition coefficient (Wildman–Crippen LogP) is 10.1. The fourth-order valence-corrected chi connectivity index (χ4v) is 6.43. The SMILES string of the molecule is CCCCC/C=C\C/C=C\C/C=C\C/C=C\CCCC(=O)O[C@H](COC(=O)CCCCCCCC1OC1C/C=C\CCCCC)COP(=O)(O)OC[C@@H](O)CO. The Bertz CT molecular complexity index is 1180. The van der Waals surface area contributed by atoms with Crippen molar-refractivity contribution in [3.05, 3.63) is 60.8 Å². The van der Waals surface area contributed by atoms with Gasteiger partial charge in [-0.2, -0.15) is 0 Å². The van der Waals surface area contributed by atoms with Gasteiger partial charge in [0.05, 0.1) is 32.0 Å². The first-order valence-electron chi connectivity index (χ1n) is 21.4. The second kappa shape index (κ2) is 35.8. The molecule has 1 heterocycles. The minimum absolute atomic E-state index is 0.0994. The third-order valence-corrected chi connectivity index (χ3v) is 10.0. The van der Waals surface area contributed by atoms with Gasteiger partial charge in [0.2, 0.25) is 0 Å². The van der Waals surface area contributed by atoms with E-state index in [0.717, 1.165) is 70.6 Å². The number of epoxide rings is 1. The highest BCUT2D eigenvalue weighted by Gasteiger charge is 2.36. The third kappa shape index (κ3) is 32.7. The van der Waals surface area contributed by atoms with Crippen LogP contribution in [0.4, 0.5) is 0 Å². The molecule has 11 nitrogen and oxygen atoms in total. The summed E-state index contributed by atoms with van der Waals surface area (Å²) in [7, 11) is -4.64. The van der Waals surface area contributed by atoms with Crippen LogP contribution in [0.1, 0.15) is 155 Å². The molecular weight excluding hydrogens is 735 g/mol. The number of phosphoric acid groups is 1. The fraction of sp³-hybridized carbons (Fsp3) is 0.727. The molecule has 56 heavy (non-hydrogen) atoms. The van der Waals surface area contributed by atoms with Gasteiger partial charge in [0.1, 0.15) is 12.7 Å². The largest absolute Gasteiger partial charge is 0.472 e. The van der Waals surface area contributed by atoms with E-state index in [2.05, 4.69) is 67.0 Å². The van der Waals surface area contributed by atoms with Crippen molar-refractivity contribution in [2.45, 2.75) is 180 Å². The van der Waals surface area contributed by atoms with Crippen molar-refractivity contribution in [3.8, 4) is 0 Å². The summed E-state index contributed by atoms with van der Waals surface area (Å²) in [5.41, 5.74) is 0. The number of aliphatic hydroxyl groups excluding tert-OH is 2. The number of aliphatic hydroxyl groups is 2. The van der Waals surface area contributed by atoms with Gasteiger partial charge in [0, 0.05) is 12.8 Å². The number of ether oxygens (including phenoxy) is 3. The number of esters is 2. The molecule has 0 aromatic carbocycles. The van der Waals surface area contributed by atoms with Crippen LogP contribution < -0.4 is 0 Å². The monoisotopic (exact) mass is 811 g/mol. The summed E-state index contributed by atoms with van der Waals surface area (Å²) in [4.78, 5) is 35.0. The summed E-state index contributed by atoms with van der Waals surface area (Å²) in [6.45, 7) is 2.21. The molecule has 1 rings (SSSR count). The molecule has 3 unspecified atom stereocenters. The van der Waals surface area contributed by atoms with Crippen LogP contribution in [0.3, 0.4) is 0 Å². The van der Waals surface area contributed by atoms with Crippen molar-refractivity contribution in [3.63, 3.8) is 0 Å². The second-order valence-electron chi connectivity index (χ2n) is 14.4. The van der Waals surface area contributed by atoms with Crippen molar-refractivity contribution >= 4 is 19.8 Å². The smallest absolute Gasteiger partial charge is 0.462 e. The highest BCUT2D eigenvalue weighted by Crippen LogP contribution is 2.43. The lowest BCUT2D eigenvalue weighted by molar-refractivity contribution is -0.161. The Hall–Kier alpha value is -2.37. The van der Waals surface area contributed by atoms with Crippen molar-refractivity contribution < 1.29 is 52.5 Å². The number of allylic oxidation sites excluding steroid dienone is 9. The maximum atomic E-state index is 12.6. The second-order valence-corrected chi connectivity index (χ2v) is 15.8. The van der Waals surface area contributed by atoms with Gasteiger partial charge in [-0.15, -0.1) is 0 Å². The lowest BCUT2D eigenvalue weighted by atomic mass is 10.1. The molecule has 0 spiro atoms. The van der Waals surface area contributed by atoms with E-state index in [0.29, 0.717) is 31.5 Å². The number of unbranched alkanes of at least 4 members (excludes halogenated alkanes) is 11. The van der Waals surface area contributed by atoms with E-state index in [1.54, 1.807) is 0 Å². The Morgan fingerprint density at radius 3 is 1.80 bits per heavy atom. The van der Waals surface area contributed by atoms with Crippen molar-refractivity contribution in [2.75, 3.05) is 26.4 Å². The van der Waals surface area contributed by atoms with E-state index in [4.69, 9.17) is 23.8 Å². The summed E-state index contributed by atoms with van der Waals surface area (Å²) in [6.07, 6.45) is 40.7. The van der Waals surface area contributed by atoms with Gasteiger partial charge >= 0.3 is 19.8 Å². The zero-order chi connectivity index (χ0) is 41.0. The van der Waals surface area contributed by atoms with Crippen LogP contribution in [0.2, 0.25) is 0 Å². The first kappa shape index (κ1) is 51.6. The van der Waals surface area contributed by atoms with Gasteiger partial charge in [0.15, 0.2) is 6.10 Å². The van der Waals surface area contributed by atoms with Crippen LogP contribution >= 0.6 is 7.82 Å². The lowest BCUT2D eigenvalue weighted by Crippen LogP contribution is -2.29. The van der Waals surface area contributed by atoms with Crippen molar-refractivity contribution in [1.82, 2.24) is 0 Å². The maximum Gasteiger partial charge on any atom is 0.472 e. The summed E-state index contributed by atoms with van der Waals surface area (Å²) in [6, 6.07) is 0. The van der Waals surface area contributed by atoms with Gasteiger partial charge in [-0.3, -0.25) is 18.6 Å². The predicted molar refractivity (Wildman–Crippen MR) is 223 cm³/mol. The minimum atomic E-state index is -4.64. The van der Waals surface area contributed by atoms with Crippen LogP contribution in [0.25, 0.3) is 0 Å². The molecule has 0 amide bonds. The molecule has 0 aromatic heterocycles. The normalized spacial score (nSPS) is 18.1. The molecule has 0 aromatic rings. The van der Waals surface area contributed by atoms with Gasteiger partial charge in [-0.05, 0) is 77.0 Å². The molecule has 0 radical (unpaired) electrons. The number of phosphoric ester groups is 1. The zero-order valence-corrected chi connectivity index (χ0v) is 35.4. The number of hydrogen-bond acceptors (Lipinski definition) is 10. The van der Waals surface area contributed by atoms with Crippen LogP contribution in [0, 0.1) is 0 Å². The van der Waals surface area contributed by atoms with Gasteiger partial charge in [-0.1, -0.05) is 126 Å². The summed E-state index contributed by atoms with van der Waals surface area (Å²) < 4.78 is 38.4. The number of rotatable bonds is 38. The van der Waals surface area contributed by atoms with Gasteiger partial charge in [0.25, 0.3) is 0 Å². The highest BCUT2D eigenvalue weighted by molar-refractivity contribution is 7.47. The van der Waals surface area contributed by atoms with Crippen molar-refractivity contribution in [1.29, 1.82) is 0 Å². The van der Waals surface area contributed by atoms with E-state index < -0.39 is 51.8 Å². The molecule has 1 fully saturated rings. The Morgan fingerprint density at radius 2 is 1.18 bits per heavy atom. The summed E-state index contributed by atoms with van der Waals surface area (Å²) in [5.74, 6) is -1.02. The first-order chi connectivity index (χ1) is 27.2. The van der Waals surface area contributed by atoms with Crippen LogP contribution in [-0.2, 0) is 37.4 Å². The van der Waals surface area contributed by atoms with Gasteiger partial charge < -0.3 is 29.3 Å². The third-order valence-electron chi connectivity index (χ3n) is 9.07. The molecular formula is C44H75O11P. The molecule has 322 valence electrons. The fourth-order valence-electron chi connectivity index (χ4n) is 5.64. The van der Waals surface area contributed by atoms with E-state index in [1.165, 1.54) is 38.5 Å². The standard InChI is InChI=1S/C44H75O11P/c1-3-5-7-9-11-12-13-14-15-16-17-18-19-20-21-25-30-34-44(48)54-40(38-53-56(49,50)52-36-39(46)35-45)37-51-43(47)33-29-26-22-24-28-32-42-41(55-42)31-27-23-10-8-6-4-2/h11-12,14-15,17-18,20-21,23,27,39-42,45-46H,3-10,13,16,19,22,24-26,28-38H2,1-2H3,(H,49,50)/b12-11-,15-14-,18-17-,21-20-,27-23-/t39-,40+,41?,42?/m0/s1. The molecule has 0 aliphatic carbocycles. The quantitative estimate of drug-likeness (QED) is 0.0179. The zero-order valence-electron chi connectivity index (χ0n) is 34.5. The Balaban J connectivity index is 2.32. The molecule has 3 N–H and O–H groups in total. The Kier molecular flexibility index (Phi) is 33.0. The highest BCUT2D eigenvalue weighted by atomic mass is 31.2. The Labute approximate surface area is 338 Å². The molecule has 0 bridgehead atoms. The molecule has 1 saturated heterocycles. The maximum absolute atomic E-state index is 12.6. The number of carbonyl (C=O) groups excluding carboxylic acids is 2. The number of carbonyl (C=O) groups is 2. The Morgan fingerprint density at radius 1 is 0.643 bits per heavy atom. The average molecular weight is 811 g/mol. The molecule has 12 heteroatoms. The van der Waals surface area contributed by atoms with Crippen molar-refractivity contribution in [2.24, 2.45) is 0 Å². The first-order valence-corrected chi connectivity index (χ1v) is 22.9. The van der Waals surface area contributed by atoms with E-state index in [1.807, 2.05) is 12.2 Å². The summed E-state index contributed by atoms with van der Waals surface area (Å²) in [5, 5.41) is 18.3. The van der Waals surface area contributed by atoms with Crippen LogP contribution in [0.15, 0.2) is 60.8 Å². The molecule has 0 saturated carbocycles. The molecule has 1 aliphatic heterocycles. The summed E-state index contributed by atoms with van der Waals surface area (Å²) >= 11 is 0. The molecule has 1 aliphatic rings. The minimum Gasteiger partial charge on any atom is -0.462 e. The molecule has 5 atom stereocenters. The van der Waals surface area contributed by atoms with Crippen LogP contribution in [0.5, 0.6) is 0 Å². The van der Waals surface area contributed by atoms with E-state index in [9.17, 15) is 24.2 Å². The van der Waals surface area contributed by atoms with E-state index in [-0.39, 0.29) is 19.4 Å². The van der Waals surface area contributed by atoms with E-state index >= 15 is 0 Å². The topological polar surface area (TPSA) is 161 Å². The lowest BCUT2D eigenvalue weighted by Gasteiger charge is -2.20. The average Bonchev–Trinajstić information content (AvgIpc) is 3.94. The van der Waals surface area contributed by atoms with Crippen LogP contribution in [-0.4, -0.2) is 77.9 Å². The number of hydrogen-bond donors (Lipinski definition) is 3. The van der Waals surface area contributed by atoms with Gasteiger partial charge in [-0.25, -0.2) is 4.57 Å².